The van der Waals surface area contributed by atoms with Gasteiger partial charge in [-0.25, -0.2) is 29.9 Å². The predicted octanol–water partition coefficient (Wildman–Crippen LogP) is 6.87. The second kappa shape index (κ2) is 7.87. The van der Waals surface area contributed by atoms with Crippen molar-refractivity contribution in [2.45, 2.75) is 0 Å². The maximum Gasteiger partial charge on any atom is 0.170 e. The minimum Gasteiger partial charge on any atom is -0.324 e. The maximum atomic E-state index is 9.12. The number of aromatic nitrogens is 8. The Bertz CT molecular complexity index is 2130. The minimum atomic E-state index is 0.406. The quantitative estimate of drug-likeness (QED) is 0.228. The summed E-state index contributed by atoms with van der Waals surface area (Å²) in [6, 6.07) is 30.9. The molecule has 40 heavy (non-hydrogen) atoms. The van der Waals surface area contributed by atoms with Crippen molar-refractivity contribution in [2.75, 3.05) is 0 Å². The zero-order chi connectivity index (χ0) is 27.9. The van der Waals surface area contributed by atoms with Crippen LogP contribution in [0.4, 0.5) is 0 Å². The van der Waals surface area contributed by atoms with Gasteiger partial charge in [-0.05, 0) is 0 Å². The smallest absolute Gasteiger partial charge is 0.170 e. The van der Waals surface area contributed by atoms with Gasteiger partial charge in [0, 0.05) is 43.8 Å². The van der Waals surface area contributed by atoms with Crippen LogP contribution in [-0.4, -0.2) is 39.9 Å². The van der Waals surface area contributed by atoms with Crippen LogP contribution < -0.4 is 0 Å². The molecule has 3 aromatic heterocycles. The number of fused-ring (bicyclic) bond motifs is 20. The fraction of sp³-hybridized carbons (Fsp3) is 0. The van der Waals surface area contributed by atoms with E-state index in [-0.39, 0.29) is 0 Å². The topological polar surface area (TPSA) is 109 Å². The standard InChI is InChI=1S/C32H18N8/c1-2-10-18-17(9-1)25-33-26(18)38-28-21-13-5-6-14-22(21)30(35-28)40-32-24-16-8-7-15-23(24)31(36-32)39-29-20-12-4-3-11-19(20)27(34-29)37-25/h1-16H,(H2,33,34,35,36,37,38,39,40)/i/hD2. The molecule has 0 fully saturated rings. The summed E-state index contributed by atoms with van der Waals surface area (Å²) in [5.74, 6) is 1.76. The first-order chi connectivity index (χ1) is 20.7. The number of hydrogen-bond donors (Lipinski definition) is 2. The summed E-state index contributed by atoms with van der Waals surface area (Å²) in [4.78, 5) is 31.9. The molecule has 0 unspecified atom stereocenters. The molecule has 5 heterocycles. The number of hydrogen-bond acceptors (Lipinski definition) is 6. The Balaban J connectivity index is 1.55. The largest absolute Gasteiger partial charge is 0.324 e. The van der Waals surface area contributed by atoms with Crippen molar-refractivity contribution in [3.8, 4) is 45.6 Å². The molecule has 4 aromatic carbocycles. The van der Waals surface area contributed by atoms with Gasteiger partial charge in [-0.2, -0.15) is 0 Å². The molecule has 0 spiro atoms. The van der Waals surface area contributed by atoms with E-state index in [2.05, 4.69) is 0 Å². The summed E-state index contributed by atoms with van der Waals surface area (Å²) in [6.45, 7) is 0. The number of aromatic amines is 2. The number of nitrogens with zero attached hydrogens (tertiary/aromatic N) is 6. The lowest BCUT2D eigenvalue weighted by atomic mass is 10.1. The van der Waals surface area contributed by atoms with Crippen LogP contribution in [0.25, 0.3) is 89.7 Å². The van der Waals surface area contributed by atoms with Gasteiger partial charge in [-0.15, -0.1) is 0 Å². The zero-order valence-electron chi connectivity index (χ0n) is 22.8. The van der Waals surface area contributed by atoms with Gasteiger partial charge >= 0.3 is 0 Å². The van der Waals surface area contributed by atoms with Gasteiger partial charge in [-0.3, -0.25) is 0 Å². The van der Waals surface area contributed by atoms with Crippen LogP contribution in [0.1, 0.15) is 0 Å². The Morgan fingerprint density at radius 2 is 0.600 bits per heavy atom. The average Bonchev–Trinajstić information content (AvgIpc) is 3.71. The minimum absolute atomic E-state index is 0.406. The summed E-state index contributed by atoms with van der Waals surface area (Å²) in [6.07, 6.45) is 0. The van der Waals surface area contributed by atoms with Gasteiger partial charge < -0.3 is 9.95 Å². The molecule has 2 N–H and O–H groups in total. The fourth-order valence-electron chi connectivity index (χ4n) is 5.46. The third kappa shape index (κ3) is 3.01. The van der Waals surface area contributed by atoms with Crippen LogP contribution in [0.15, 0.2) is 97.1 Å². The summed E-state index contributed by atoms with van der Waals surface area (Å²) >= 11 is 0. The molecule has 2 aliphatic rings. The van der Waals surface area contributed by atoms with Crippen LogP contribution in [0, 0.1) is 0 Å². The Morgan fingerprint density at radius 3 is 0.875 bits per heavy atom. The van der Waals surface area contributed by atoms with E-state index >= 15 is 0 Å². The zero-order valence-corrected chi connectivity index (χ0v) is 20.8. The second-order valence-electron chi connectivity index (χ2n) is 9.67. The number of benzene rings is 4. The van der Waals surface area contributed by atoms with Crippen molar-refractivity contribution in [3.63, 3.8) is 0 Å². The Morgan fingerprint density at radius 1 is 0.350 bits per heavy atom. The Labute approximate surface area is 229 Å². The van der Waals surface area contributed by atoms with Crippen molar-refractivity contribution >= 4 is 44.1 Å². The lowest BCUT2D eigenvalue weighted by Gasteiger charge is -1.96. The van der Waals surface area contributed by atoms with Crippen LogP contribution in [0.2, 0.25) is 2.82 Å². The SMILES string of the molecule is [2H]n1c2nc3nc(nc4c5ccccc5c(nc5nc(nc1c1ccccc12)-c1ccccc1-5)n4[2H])-c1ccccc1-3. The van der Waals surface area contributed by atoms with Crippen molar-refractivity contribution in [1.82, 2.24) is 39.9 Å². The van der Waals surface area contributed by atoms with E-state index in [1.54, 1.807) is 0 Å². The summed E-state index contributed by atoms with van der Waals surface area (Å²) in [5.41, 5.74) is 4.83. The maximum absolute atomic E-state index is 9.12. The summed E-state index contributed by atoms with van der Waals surface area (Å²) < 4.78 is 18.2. The number of H-pyrrole nitrogens is 2. The molecule has 0 aliphatic carbocycles. The summed E-state index contributed by atoms with van der Waals surface area (Å²) in [7, 11) is 0. The highest BCUT2D eigenvalue weighted by molar-refractivity contribution is 6.06. The molecule has 186 valence electrons. The molecule has 2 aliphatic heterocycles. The van der Waals surface area contributed by atoms with E-state index in [0.717, 1.165) is 43.8 Å². The van der Waals surface area contributed by atoms with Crippen molar-refractivity contribution in [3.05, 3.63) is 97.1 Å². The second-order valence-corrected chi connectivity index (χ2v) is 9.67. The fourth-order valence-corrected chi connectivity index (χ4v) is 5.46. The number of rotatable bonds is 0. The van der Waals surface area contributed by atoms with Crippen LogP contribution in [0.5, 0.6) is 0 Å². The Hall–Kier alpha value is -5.76. The summed E-state index contributed by atoms with van der Waals surface area (Å²) in [5, 5.41) is 3.10. The van der Waals surface area contributed by atoms with Crippen molar-refractivity contribution in [2.24, 2.45) is 0 Å². The lowest BCUT2D eigenvalue weighted by Crippen LogP contribution is -1.82. The normalized spacial score (nSPS) is 12.7. The molecular weight excluding hydrogens is 496 g/mol. The molecule has 0 saturated heterocycles. The highest BCUT2D eigenvalue weighted by Crippen LogP contribution is 2.36. The van der Waals surface area contributed by atoms with Crippen LogP contribution in [0.3, 0.4) is 0 Å². The molecule has 0 atom stereocenters. The molecule has 8 nitrogen and oxygen atoms in total. The van der Waals surface area contributed by atoms with Gasteiger partial charge in [0.25, 0.3) is 0 Å². The number of nitrogens with one attached hydrogen (secondary N) is 2. The van der Waals surface area contributed by atoms with Crippen molar-refractivity contribution < 1.29 is 2.82 Å². The van der Waals surface area contributed by atoms with E-state index < -0.39 is 0 Å². The van der Waals surface area contributed by atoms with E-state index in [0.29, 0.717) is 45.9 Å². The van der Waals surface area contributed by atoms with Crippen molar-refractivity contribution in [1.29, 1.82) is 0 Å². The molecular formula is C32H18N8. The van der Waals surface area contributed by atoms with E-state index in [4.69, 9.17) is 32.7 Å². The molecule has 7 aromatic rings. The van der Waals surface area contributed by atoms with Gasteiger partial charge in [0.2, 0.25) is 0 Å². The van der Waals surface area contributed by atoms with E-state index in [1.807, 2.05) is 97.1 Å². The monoisotopic (exact) mass is 516 g/mol. The van der Waals surface area contributed by atoms with Gasteiger partial charge in [0.15, 0.2) is 26.1 Å². The van der Waals surface area contributed by atoms with E-state index in [1.165, 1.54) is 9.95 Å². The molecule has 0 saturated carbocycles. The lowest BCUT2D eigenvalue weighted by molar-refractivity contribution is 1.19. The first-order valence-electron chi connectivity index (χ1n) is 13.8. The van der Waals surface area contributed by atoms with Crippen LogP contribution in [-0.2, 0) is 0 Å². The van der Waals surface area contributed by atoms with Gasteiger partial charge in [0.05, 0.1) is 0 Å². The Kier molecular flexibility index (Phi) is 3.81. The third-order valence-corrected chi connectivity index (χ3v) is 7.33. The first kappa shape index (κ1) is 19.3. The van der Waals surface area contributed by atoms with Gasteiger partial charge in [-0.1, -0.05) is 97.1 Å². The highest BCUT2D eigenvalue weighted by Gasteiger charge is 2.21. The molecule has 8 heteroatoms. The van der Waals surface area contributed by atoms with Crippen LogP contribution >= 0.6 is 0 Å². The average molecular weight is 517 g/mol. The molecule has 8 bridgehead atoms. The van der Waals surface area contributed by atoms with E-state index in [9.17, 15) is 0 Å². The molecule has 0 amide bonds. The first-order valence-corrected chi connectivity index (χ1v) is 12.9. The third-order valence-electron chi connectivity index (χ3n) is 7.33. The molecule has 0 radical (unpaired) electrons. The highest BCUT2D eigenvalue weighted by atomic mass is 15.1. The predicted molar refractivity (Wildman–Crippen MR) is 156 cm³/mol. The molecule has 9 rings (SSSR count). The van der Waals surface area contributed by atoms with Gasteiger partial charge in [0.1, 0.15) is 22.6 Å².